The number of unbranched alkanes of at least 4 members (excludes halogenated alkanes) is 15. The van der Waals surface area contributed by atoms with E-state index in [1.165, 1.54) is 89.9 Å². The van der Waals surface area contributed by atoms with Gasteiger partial charge in [0.15, 0.2) is 0 Å². The number of hydrogen-bond donors (Lipinski definition) is 2. The van der Waals surface area contributed by atoms with Crippen molar-refractivity contribution in [2.75, 3.05) is 40.4 Å². The lowest BCUT2D eigenvalue weighted by molar-refractivity contribution is -0.142. The van der Waals surface area contributed by atoms with Crippen molar-refractivity contribution in [2.45, 2.75) is 122 Å². The van der Waals surface area contributed by atoms with Gasteiger partial charge in [-0.05, 0) is 37.0 Å². The normalized spacial score (nSPS) is 10.7. The van der Waals surface area contributed by atoms with E-state index in [1.807, 2.05) is 24.3 Å². The highest BCUT2D eigenvalue weighted by Gasteiger charge is 2.11. The van der Waals surface area contributed by atoms with Crippen molar-refractivity contribution < 1.29 is 23.9 Å². The number of carbonyl (C=O) groups is 3. The molecule has 0 saturated heterocycles. The number of ether oxygens (including phenoxy) is 2. The highest BCUT2D eigenvalue weighted by atomic mass is 16.5. The standard InChI is InChI=1S/C34H59N3O5/c1-4-5-6-7-8-9-10-11-12-13-14-15-16-17-18-19-26-37(2)32(38)28-35-34(40)36-29-33(39)42-27-20-21-30-22-24-31(41-3)25-23-30/h22-25H,4-21,26-29H2,1-3H3,(H2,35,36,40). The number of esters is 1. The van der Waals surface area contributed by atoms with Crippen molar-refractivity contribution in [1.29, 1.82) is 0 Å². The number of hydrogen-bond acceptors (Lipinski definition) is 5. The molecule has 8 nitrogen and oxygen atoms in total. The largest absolute Gasteiger partial charge is 0.497 e. The Kier molecular flexibility index (Phi) is 23.0. The first kappa shape index (κ1) is 37.3. The van der Waals surface area contributed by atoms with Gasteiger partial charge >= 0.3 is 12.0 Å². The van der Waals surface area contributed by atoms with Crippen LogP contribution in [0.2, 0.25) is 0 Å². The van der Waals surface area contributed by atoms with Crippen LogP contribution in [0.3, 0.4) is 0 Å². The molecule has 0 aliphatic carbocycles. The van der Waals surface area contributed by atoms with Gasteiger partial charge in [0.1, 0.15) is 12.3 Å². The minimum Gasteiger partial charge on any atom is -0.497 e. The summed E-state index contributed by atoms with van der Waals surface area (Å²) in [6.07, 6.45) is 22.6. The summed E-state index contributed by atoms with van der Waals surface area (Å²) in [4.78, 5) is 37.8. The van der Waals surface area contributed by atoms with E-state index in [9.17, 15) is 14.4 Å². The molecule has 0 atom stereocenters. The molecule has 1 aromatic rings. The van der Waals surface area contributed by atoms with Gasteiger partial charge in [0.2, 0.25) is 5.91 Å². The molecule has 1 aromatic carbocycles. The average Bonchev–Trinajstić information content (AvgIpc) is 3.00. The molecule has 0 aliphatic heterocycles. The van der Waals surface area contributed by atoms with Crippen molar-refractivity contribution in [1.82, 2.24) is 15.5 Å². The fourth-order valence-corrected chi connectivity index (χ4v) is 4.83. The molecular weight excluding hydrogens is 530 g/mol. The molecule has 0 spiro atoms. The minimum absolute atomic E-state index is 0.0991. The molecule has 3 amide bonds. The average molecular weight is 590 g/mol. The second-order valence-corrected chi connectivity index (χ2v) is 11.3. The first-order chi connectivity index (χ1) is 20.5. The van der Waals surface area contributed by atoms with E-state index in [1.54, 1.807) is 19.1 Å². The van der Waals surface area contributed by atoms with Crippen molar-refractivity contribution in [3.05, 3.63) is 29.8 Å². The van der Waals surface area contributed by atoms with Crippen molar-refractivity contribution in [3.8, 4) is 5.75 Å². The topological polar surface area (TPSA) is 97.0 Å². The van der Waals surface area contributed by atoms with E-state index in [4.69, 9.17) is 9.47 Å². The maximum atomic E-state index is 12.3. The van der Waals surface area contributed by atoms with Crippen molar-refractivity contribution in [2.24, 2.45) is 0 Å². The van der Waals surface area contributed by atoms with Crippen LogP contribution in [0.5, 0.6) is 5.75 Å². The third-order valence-corrected chi connectivity index (χ3v) is 7.60. The highest BCUT2D eigenvalue weighted by molar-refractivity contribution is 5.85. The molecule has 8 heteroatoms. The second-order valence-electron chi connectivity index (χ2n) is 11.3. The fraction of sp³-hybridized carbons (Fsp3) is 0.735. The molecule has 0 saturated carbocycles. The number of urea groups is 1. The maximum Gasteiger partial charge on any atom is 0.325 e. The zero-order chi connectivity index (χ0) is 30.7. The van der Waals surface area contributed by atoms with Gasteiger partial charge in [-0.1, -0.05) is 115 Å². The van der Waals surface area contributed by atoms with E-state index in [0.717, 1.165) is 30.6 Å². The Morgan fingerprint density at radius 1 is 0.690 bits per heavy atom. The second kappa shape index (κ2) is 25.9. The summed E-state index contributed by atoms with van der Waals surface area (Å²) >= 11 is 0. The monoisotopic (exact) mass is 589 g/mol. The number of amides is 3. The SMILES string of the molecule is CCCCCCCCCCCCCCCCCCN(C)C(=O)CNC(=O)NCC(=O)OCCCc1ccc(OC)cc1. The van der Waals surface area contributed by atoms with Gasteiger partial charge < -0.3 is 25.0 Å². The number of nitrogens with one attached hydrogen (secondary N) is 2. The van der Waals surface area contributed by atoms with Crippen molar-refractivity contribution in [3.63, 3.8) is 0 Å². The van der Waals surface area contributed by atoms with Crippen LogP contribution >= 0.6 is 0 Å². The van der Waals surface area contributed by atoms with Gasteiger partial charge in [0, 0.05) is 13.6 Å². The molecule has 0 fully saturated rings. The Bertz CT molecular complexity index is 831. The molecule has 0 aromatic heterocycles. The number of carbonyl (C=O) groups excluding carboxylic acids is 3. The summed E-state index contributed by atoms with van der Waals surface area (Å²) in [5.74, 6) is 0.150. The van der Waals surface area contributed by atoms with Crippen LogP contribution in [-0.4, -0.2) is 63.2 Å². The van der Waals surface area contributed by atoms with E-state index >= 15 is 0 Å². The van der Waals surface area contributed by atoms with Crippen LogP contribution < -0.4 is 15.4 Å². The first-order valence-corrected chi connectivity index (χ1v) is 16.5. The lowest BCUT2D eigenvalue weighted by atomic mass is 10.0. The molecule has 0 bridgehead atoms. The third kappa shape index (κ3) is 21.0. The lowest BCUT2D eigenvalue weighted by Gasteiger charge is -2.17. The van der Waals surface area contributed by atoms with E-state index in [-0.39, 0.29) is 25.6 Å². The summed E-state index contributed by atoms with van der Waals surface area (Å²) in [5.41, 5.74) is 1.13. The Morgan fingerprint density at radius 3 is 1.71 bits per heavy atom. The van der Waals surface area contributed by atoms with Gasteiger partial charge in [0.25, 0.3) is 0 Å². The molecule has 0 aliphatic rings. The third-order valence-electron chi connectivity index (χ3n) is 7.60. The summed E-state index contributed by atoms with van der Waals surface area (Å²) < 4.78 is 10.3. The quantitative estimate of drug-likeness (QED) is 0.0881. The first-order valence-electron chi connectivity index (χ1n) is 16.5. The van der Waals surface area contributed by atoms with Gasteiger partial charge in [-0.2, -0.15) is 0 Å². The summed E-state index contributed by atoms with van der Waals surface area (Å²) in [5, 5.41) is 4.95. The van der Waals surface area contributed by atoms with Gasteiger partial charge in [-0.25, -0.2) is 4.79 Å². The minimum atomic E-state index is -0.561. The smallest absolute Gasteiger partial charge is 0.325 e. The van der Waals surface area contributed by atoms with E-state index in [0.29, 0.717) is 13.0 Å². The molecule has 0 radical (unpaired) electrons. The number of methoxy groups -OCH3 is 1. The Morgan fingerprint density at radius 2 is 1.19 bits per heavy atom. The van der Waals surface area contributed by atoms with Gasteiger partial charge in [-0.15, -0.1) is 0 Å². The molecular formula is C34H59N3O5. The van der Waals surface area contributed by atoms with Crippen LogP contribution in [0.1, 0.15) is 122 Å². The number of likely N-dealkylation sites (N-methyl/N-ethyl adjacent to an activating group) is 1. The molecule has 42 heavy (non-hydrogen) atoms. The van der Waals surface area contributed by atoms with Crippen molar-refractivity contribution >= 4 is 17.9 Å². The van der Waals surface area contributed by atoms with Gasteiger partial charge in [0.05, 0.1) is 20.3 Å². The predicted octanol–water partition coefficient (Wildman–Crippen LogP) is 7.19. The highest BCUT2D eigenvalue weighted by Crippen LogP contribution is 2.14. The number of nitrogens with zero attached hydrogens (tertiary/aromatic N) is 1. The predicted molar refractivity (Wildman–Crippen MR) is 171 cm³/mol. The zero-order valence-electron chi connectivity index (χ0n) is 26.9. The summed E-state index contributed by atoms with van der Waals surface area (Å²) in [7, 11) is 3.39. The van der Waals surface area contributed by atoms with Crippen LogP contribution in [0, 0.1) is 0 Å². The number of rotatable bonds is 26. The molecule has 2 N–H and O–H groups in total. The van der Waals surface area contributed by atoms with Crippen LogP contribution in [0.4, 0.5) is 4.79 Å². The maximum absolute atomic E-state index is 12.3. The Hall–Kier alpha value is -2.77. The number of benzene rings is 1. The number of aryl methyl sites for hydroxylation is 1. The van der Waals surface area contributed by atoms with Crippen LogP contribution in [0.25, 0.3) is 0 Å². The van der Waals surface area contributed by atoms with Crippen LogP contribution in [0.15, 0.2) is 24.3 Å². The van der Waals surface area contributed by atoms with Gasteiger partial charge in [-0.3, -0.25) is 9.59 Å². The Balaban J connectivity index is 1.92. The zero-order valence-corrected chi connectivity index (χ0v) is 26.9. The fourth-order valence-electron chi connectivity index (χ4n) is 4.83. The molecule has 240 valence electrons. The van der Waals surface area contributed by atoms with E-state index < -0.39 is 12.0 Å². The Labute approximate surface area is 255 Å². The molecule has 0 heterocycles. The summed E-state index contributed by atoms with van der Waals surface area (Å²) in [6.45, 7) is 2.89. The van der Waals surface area contributed by atoms with Crippen LogP contribution in [-0.2, 0) is 20.7 Å². The summed E-state index contributed by atoms with van der Waals surface area (Å²) in [6, 6.07) is 7.19. The molecule has 0 unspecified atom stereocenters. The molecule has 1 rings (SSSR count). The van der Waals surface area contributed by atoms with E-state index in [2.05, 4.69) is 17.6 Å². The lowest BCUT2D eigenvalue weighted by Crippen LogP contribution is -2.44.